The lowest BCUT2D eigenvalue weighted by molar-refractivity contribution is 0.677. The fourth-order valence-electron chi connectivity index (χ4n) is 1.40. The van der Waals surface area contributed by atoms with Crippen LogP contribution in [0.25, 0.3) is 0 Å². The van der Waals surface area contributed by atoms with Crippen molar-refractivity contribution in [2.75, 3.05) is 30.4 Å². The van der Waals surface area contributed by atoms with Crippen LogP contribution in [0.2, 0.25) is 5.28 Å². The average molecular weight is 244 g/mol. The lowest BCUT2D eigenvalue weighted by Gasteiger charge is -2.25. The van der Waals surface area contributed by atoms with Crippen LogP contribution in [0.4, 0.5) is 11.9 Å². The summed E-state index contributed by atoms with van der Waals surface area (Å²) in [5.41, 5.74) is 0. The minimum absolute atomic E-state index is 0.229. The molecule has 0 fully saturated rings. The molecular weight excluding hydrogens is 226 g/mol. The quantitative estimate of drug-likeness (QED) is 0.807. The minimum Gasteiger partial charge on any atom is -0.347 e. The summed E-state index contributed by atoms with van der Waals surface area (Å²) in [5.74, 6) is 1.20. The largest absolute Gasteiger partial charge is 0.347 e. The Labute approximate surface area is 101 Å². The molecule has 0 aromatic carbocycles. The summed E-state index contributed by atoms with van der Waals surface area (Å²) in [6, 6.07) is 0.332. The van der Waals surface area contributed by atoms with E-state index in [2.05, 4.69) is 40.6 Å². The molecule has 0 unspecified atom stereocenters. The highest BCUT2D eigenvalue weighted by Crippen LogP contribution is 2.16. The minimum atomic E-state index is 0.229. The summed E-state index contributed by atoms with van der Waals surface area (Å²) in [5, 5.41) is 0.229. The smallest absolute Gasteiger partial charge is 0.231 e. The summed E-state index contributed by atoms with van der Waals surface area (Å²) in [4.78, 5) is 16.5. The molecule has 0 N–H and O–H groups in total. The normalized spacial score (nSPS) is 10.7. The van der Waals surface area contributed by atoms with E-state index < -0.39 is 0 Å². The summed E-state index contributed by atoms with van der Waals surface area (Å²) in [7, 11) is 3.75. The van der Waals surface area contributed by atoms with Crippen molar-refractivity contribution in [1.82, 2.24) is 15.0 Å². The molecule has 1 aromatic rings. The molecule has 0 saturated carbocycles. The first-order valence-corrected chi connectivity index (χ1v) is 5.69. The zero-order valence-electron chi connectivity index (χ0n) is 10.4. The summed E-state index contributed by atoms with van der Waals surface area (Å²) in [6.45, 7) is 7.09. The zero-order valence-corrected chi connectivity index (χ0v) is 11.2. The van der Waals surface area contributed by atoms with Crippen LogP contribution >= 0.6 is 11.6 Å². The molecule has 5 nitrogen and oxygen atoms in total. The third-order valence-corrected chi connectivity index (χ3v) is 2.37. The molecule has 1 rings (SSSR count). The molecular formula is C10H18ClN5. The third-order valence-electron chi connectivity index (χ3n) is 2.21. The number of halogens is 1. The molecule has 1 heterocycles. The van der Waals surface area contributed by atoms with E-state index in [0.29, 0.717) is 17.9 Å². The van der Waals surface area contributed by atoms with E-state index in [1.54, 1.807) is 0 Å². The lowest BCUT2D eigenvalue weighted by atomic mass is 10.3. The summed E-state index contributed by atoms with van der Waals surface area (Å²) >= 11 is 5.88. The van der Waals surface area contributed by atoms with E-state index in [1.165, 1.54) is 0 Å². The van der Waals surface area contributed by atoms with E-state index in [1.807, 2.05) is 19.0 Å². The van der Waals surface area contributed by atoms with Crippen molar-refractivity contribution < 1.29 is 0 Å². The van der Waals surface area contributed by atoms with E-state index in [-0.39, 0.29) is 5.28 Å². The van der Waals surface area contributed by atoms with Crippen molar-refractivity contribution in [2.24, 2.45) is 0 Å². The molecule has 0 amide bonds. The maximum Gasteiger partial charge on any atom is 0.231 e. The maximum absolute atomic E-state index is 5.88. The van der Waals surface area contributed by atoms with Crippen molar-refractivity contribution in [2.45, 2.75) is 26.8 Å². The number of nitrogens with zero attached hydrogens (tertiary/aromatic N) is 5. The second-order valence-electron chi connectivity index (χ2n) is 3.98. The van der Waals surface area contributed by atoms with Gasteiger partial charge in [0.25, 0.3) is 0 Å². The Morgan fingerprint density at radius 3 is 2.12 bits per heavy atom. The Balaban J connectivity index is 3.12. The van der Waals surface area contributed by atoms with E-state index >= 15 is 0 Å². The zero-order chi connectivity index (χ0) is 12.3. The van der Waals surface area contributed by atoms with E-state index in [4.69, 9.17) is 11.6 Å². The van der Waals surface area contributed by atoms with Crippen LogP contribution in [0.5, 0.6) is 0 Å². The average Bonchev–Trinajstić information content (AvgIpc) is 2.17. The van der Waals surface area contributed by atoms with Crippen molar-refractivity contribution in [3.05, 3.63) is 5.28 Å². The summed E-state index contributed by atoms with van der Waals surface area (Å²) in [6.07, 6.45) is 0. The molecule has 0 saturated heterocycles. The molecule has 0 aliphatic rings. The number of rotatable bonds is 4. The molecule has 16 heavy (non-hydrogen) atoms. The van der Waals surface area contributed by atoms with Gasteiger partial charge in [0.05, 0.1) is 0 Å². The van der Waals surface area contributed by atoms with Gasteiger partial charge in [-0.2, -0.15) is 15.0 Å². The molecule has 1 aromatic heterocycles. The van der Waals surface area contributed by atoms with Crippen LogP contribution in [0.15, 0.2) is 0 Å². The van der Waals surface area contributed by atoms with Crippen molar-refractivity contribution >= 4 is 23.5 Å². The van der Waals surface area contributed by atoms with Crippen molar-refractivity contribution in [1.29, 1.82) is 0 Å². The van der Waals surface area contributed by atoms with Gasteiger partial charge >= 0.3 is 0 Å². The van der Waals surface area contributed by atoms with Gasteiger partial charge in [0.15, 0.2) is 0 Å². The summed E-state index contributed by atoms with van der Waals surface area (Å²) < 4.78 is 0. The van der Waals surface area contributed by atoms with Gasteiger partial charge in [0.2, 0.25) is 17.2 Å². The van der Waals surface area contributed by atoms with Gasteiger partial charge in [0, 0.05) is 26.7 Å². The first-order valence-electron chi connectivity index (χ1n) is 5.31. The van der Waals surface area contributed by atoms with E-state index in [9.17, 15) is 0 Å². The highest BCUT2D eigenvalue weighted by atomic mass is 35.5. The Morgan fingerprint density at radius 1 is 1.12 bits per heavy atom. The third kappa shape index (κ3) is 2.95. The second kappa shape index (κ2) is 5.30. The first-order chi connectivity index (χ1) is 7.45. The Kier molecular flexibility index (Phi) is 4.29. The topological polar surface area (TPSA) is 45.2 Å². The number of hydrogen-bond acceptors (Lipinski definition) is 5. The first kappa shape index (κ1) is 13.0. The molecule has 0 aliphatic heterocycles. The van der Waals surface area contributed by atoms with Crippen LogP contribution in [0.1, 0.15) is 20.8 Å². The van der Waals surface area contributed by atoms with Crippen LogP contribution in [-0.2, 0) is 0 Å². The van der Waals surface area contributed by atoms with Crippen LogP contribution in [-0.4, -0.2) is 41.6 Å². The Hall–Kier alpha value is -1.10. The van der Waals surface area contributed by atoms with Gasteiger partial charge in [-0.3, -0.25) is 0 Å². The van der Waals surface area contributed by atoms with Crippen LogP contribution < -0.4 is 9.80 Å². The number of anilines is 2. The van der Waals surface area contributed by atoms with Crippen LogP contribution in [0.3, 0.4) is 0 Å². The number of hydrogen-bond donors (Lipinski definition) is 0. The molecule has 6 heteroatoms. The Morgan fingerprint density at radius 2 is 1.69 bits per heavy atom. The van der Waals surface area contributed by atoms with Gasteiger partial charge in [0.1, 0.15) is 0 Å². The monoisotopic (exact) mass is 243 g/mol. The molecule has 90 valence electrons. The van der Waals surface area contributed by atoms with Gasteiger partial charge < -0.3 is 9.80 Å². The second-order valence-corrected chi connectivity index (χ2v) is 4.32. The van der Waals surface area contributed by atoms with Crippen molar-refractivity contribution in [3.63, 3.8) is 0 Å². The van der Waals surface area contributed by atoms with Crippen LogP contribution in [0, 0.1) is 0 Å². The highest BCUT2D eigenvalue weighted by Gasteiger charge is 2.14. The molecule has 0 atom stereocenters. The molecule has 0 radical (unpaired) electrons. The molecule has 0 aliphatic carbocycles. The van der Waals surface area contributed by atoms with Gasteiger partial charge in [-0.1, -0.05) is 0 Å². The van der Waals surface area contributed by atoms with Gasteiger partial charge in [-0.25, -0.2) is 0 Å². The molecule has 0 spiro atoms. The molecule has 0 bridgehead atoms. The number of aromatic nitrogens is 3. The SMILES string of the molecule is CCN(c1nc(Cl)nc(N(C)C)n1)C(C)C. The highest BCUT2D eigenvalue weighted by molar-refractivity contribution is 6.28. The van der Waals surface area contributed by atoms with Gasteiger partial charge in [-0.05, 0) is 32.4 Å². The standard InChI is InChI=1S/C10H18ClN5/c1-6-16(7(2)3)10-13-8(11)12-9(14-10)15(4)5/h7H,6H2,1-5H3. The van der Waals surface area contributed by atoms with Gasteiger partial charge in [-0.15, -0.1) is 0 Å². The van der Waals surface area contributed by atoms with Crippen molar-refractivity contribution in [3.8, 4) is 0 Å². The fraction of sp³-hybridized carbons (Fsp3) is 0.700. The Bertz CT molecular complexity index is 353. The van der Waals surface area contributed by atoms with E-state index in [0.717, 1.165) is 6.54 Å². The maximum atomic E-state index is 5.88. The lowest BCUT2D eigenvalue weighted by Crippen LogP contribution is -2.32. The predicted octanol–water partition coefficient (Wildman–Crippen LogP) is 1.83. The fourth-order valence-corrected chi connectivity index (χ4v) is 1.55. The predicted molar refractivity (Wildman–Crippen MR) is 67.3 cm³/mol.